The van der Waals surface area contributed by atoms with E-state index in [0.717, 1.165) is 18.8 Å². The number of hydrogen-bond donors (Lipinski definition) is 1. The van der Waals surface area contributed by atoms with Crippen LogP contribution in [0.25, 0.3) is 0 Å². The number of hydrogen-bond acceptors (Lipinski definition) is 2. The highest BCUT2D eigenvalue weighted by molar-refractivity contribution is 5.43. The normalized spacial score (nSPS) is 10.7. The Morgan fingerprint density at radius 1 is 1.00 bits per heavy atom. The summed E-state index contributed by atoms with van der Waals surface area (Å²) in [6.45, 7) is 8.67. The molecular weight excluding hydrogens is 234 g/mol. The van der Waals surface area contributed by atoms with Gasteiger partial charge in [-0.25, -0.2) is 0 Å². The highest BCUT2D eigenvalue weighted by atomic mass is 16.5. The van der Waals surface area contributed by atoms with Gasteiger partial charge in [0.25, 0.3) is 0 Å². The standard InChI is InChI=1S/C17H29NO/c1-5-18-11-9-7-6-8-10-16-12-14(2)17(19-4)15(3)13-16/h12-13,18H,5-11H2,1-4H3. The Morgan fingerprint density at radius 2 is 1.63 bits per heavy atom. The molecule has 0 radical (unpaired) electrons. The van der Waals surface area contributed by atoms with Crippen LogP contribution >= 0.6 is 0 Å². The second-order valence-corrected chi connectivity index (χ2v) is 5.28. The molecule has 1 rings (SSSR count). The number of rotatable bonds is 9. The molecule has 0 aliphatic carbocycles. The van der Waals surface area contributed by atoms with E-state index >= 15 is 0 Å². The van der Waals surface area contributed by atoms with Gasteiger partial charge in [0, 0.05) is 0 Å². The van der Waals surface area contributed by atoms with Crippen LogP contribution in [0.15, 0.2) is 12.1 Å². The van der Waals surface area contributed by atoms with Crippen molar-refractivity contribution in [2.45, 2.75) is 52.9 Å². The average Bonchev–Trinajstić information content (AvgIpc) is 2.37. The van der Waals surface area contributed by atoms with E-state index in [9.17, 15) is 0 Å². The van der Waals surface area contributed by atoms with Crippen LogP contribution in [0.4, 0.5) is 0 Å². The molecule has 0 aliphatic heterocycles. The molecule has 1 N–H and O–H groups in total. The highest BCUT2D eigenvalue weighted by Crippen LogP contribution is 2.25. The number of unbranched alkanes of at least 4 members (excludes halogenated alkanes) is 3. The molecule has 0 fully saturated rings. The van der Waals surface area contributed by atoms with Gasteiger partial charge in [0.1, 0.15) is 5.75 Å². The third kappa shape index (κ3) is 5.65. The van der Waals surface area contributed by atoms with Gasteiger partial charge in [-0.3, -0.25) is 0 Å². The molecule has 0 aliphatic rings. The van der Waals surface area contributed by atoms with Crippen LogP contribution in [-0.4, -0.2) is 20.2 Å². The molecule has 0 aromatic heterocycles. The molecule has 108 valence electrons. The van der Waals surface area contributed by atoms with Crippen LogP contribution in [0, 0.1) is 13.8 Å². The lowest BCUT2D eigenvalue weighted by Gasteiger charge is -2.11. The Hall–Kier alpha value is -1.02. The number of ether oxygens (including phenoxy) is 1. The van der Waals surface area contributed by atoms with Gasteiger partial charge in [0.2, 0.25) is 0 Å². The molecule has 2 heteroatoms. The molecule has 0 unspecified atom stereocenters. The summed E-state index contributed by atoms with van der Waals surface area (Å²) in [7, 11) is 1.75. The molecule has 0 saturated carbocycles. The summed E-state index contributed by atoms with van der Waals surface area (Å²) < 4.78 is 5.40. The Balaban J connectivity index is 2.30. The van der Waals surface area contributed by atoms with E-state index < -0.39 is 0 Å². The second-order valence-electron chi connectivity index (χ2n) is 5.28. The molecule has 2 nitrogen and oxygen atoms in total. The van der Waals surface area contributed by atoms with E-state index in [1.807, 2.05) is 0 Å². The fourth-order valence-electron chi connectivity index (χ4n) is 2.62. The summed E-state index contributed by atoms with van der Waals surface area (Å²) >= 11 is 0. The maximum absolute atomic E-state index is 5.40. The Kier molecular flexibility index (Phi) is 7.57. The van der Waals surface area contributed by atoms with Crippen molar-refractivity contribution in [3.63, 3.8) is 0 Å². The zero-order valence-electron chi connectivity index (χ0n) is 13.0. The van der Waals surface area contributed by atoms with Gasteiger partial charge < -0.3 is 10.1 Å². The first-order valence-electron chi connectivity index (χ1n) is 7.53. The maximum Gasteiger partial charge on any atom is 0.124 e. The van der Waals surface area contributed by atoms with Crippen molar-refractivity contribution in [3.8, 4) is 5.75 Å². The van der Waals surface area contributed by atoms with Gasteiger partial charge >= 0.3 is 0 Å². The largest absolute Gasteiger partial charge is 0.496 e. The van der Waals surface area contributed by atoms with Crippen molar-refractivity contribution in [3.05, 3.63) is 28.8 Å². The van der Waals surface area contributed by atoms with E-state index in [-0.39, 0.29) is 0 Å². The minimum atomic E-state index is 1.04. The van der Waals surface area contributed by atoms with Crippen molar-refractivity contribution in [2.24, 2.45) is 0 Å². The number of nitrogens with one attached hydrogen (secondary N) is 1. The van der Waals surface area contributed by atoms with E-state index in [4.69, 9.17) is 4.74 Å². The molecule has 19 heavy (non-hydrogen) atoms. The van der Waals surface area contributed by atoms with E-state index in [2.05, 4.69) is 38.2 Å². The Bertz CT molecular complexity index is 351. The average molecular weight is 263 g/mol. The predicted octanol–water partition coefficient (Wildman–Crippen LogP) is 4.02. The zero-order chi connectivity index (χ0) is 14.1. The van der Waals surface area contributed by atoms with E-state index in [1.54, 1.807) is 7.11 Å². The van der Waals surface area contributed by atoms with E-state index in [0.29, 0.717) is 0 Å². The van der Waals surface area contributed by atoms with Gasteiger partial charge in [-0.15, -0.1) is 0 Å². The predicted molar refractivity (Wildman–Crippen MR) is 83.2 cm³/mol. The fraction of sp³-hybridized carbons (Fsp3) is 0.647. The summed E-state index contributed by atoms with van der Waals surface area (Å²) in [5.74, 6) is 1.04. The van der Waals surface area contributed by atoms with Crippen LogP contribution < -0.4 is 10.1 Å². The van der Waals surface area contributed by atoms with Gasteiger partial charge in [-0.1, -0.05) is 31.9 Å². The van der Waals surface area contributed by atoms with Crippen molar-refractivity contribution in [1.29, 1.82) is 0 Å². The monoisotopic (exact) mass is 263 g/mol. The lowest BCUT2D eigenvalue weighted by Crippen LogP contribution is -2.13. The smallest absolute Gasteiger partial charge is 0.124 e. The lowest BCUT2D eigenvalue weighted by atomic mass is 10.0. The molecule has 0 heterocycles. The van der Waals surface area contributed by atoms with Crippen LogP contribution in [0.2, 0.25) is 0 Å². The minimum absolute atomic E-state index is 1.04. The topological polar surface area (TPSA) is 21.3 Å². The molecule has 0 spiro atoms. The van der Waals surface area contributed by atoms with Crippen LogP contribution in [0.5, 0.6) is 5.75 Å². The molecule has 0 amide bonds. The summed E-state index contributed by atoms with van der Waals surface area (Å²) in [5, 5.41) is 3.37. The minimum Gasteiger partial charge on any atom is -0.496 e. The van der Waals surface area contributed by atoms with Crippen molar-refractivity contribution in [1.82, 2.24) is 5.32 Å². The van der Waals surface area contributed by atoms with Gasteiger partial charge in [-0.2, -0.15) is 0 Å². The summed E-state index contributed by atoms with van der Waals surface area (Å²) in [4.78, 5) is 0. The van der Waals surface area contributed by atoms with Crippen LogP contribution in [-0.2, 0) is 6.42 Å². The van der Waals surface area contributed by atoms with Gasteiger partial charge in [0.15, 0.2) is 0 Å². The maximum atomic E-state index is 5.40. The summed E-state index contributed by atoms with van der Waals surface area (Å²) in [6.07, 6.45) is 6.44. The molecular formula is C17H29NO. The summed E-state index contributed by atoms with van der Waals surface area (Å²) in [6, 6.07) is 4.54. The molecule has 1 aromatic carbocycles. The first-order valence-corrected chi connectivity index (χ1v) is 7.53. The first-order chi connectivity index (χ1) is 9.19. The Morgan fingerprint density at radius 3 is 2.21 bits per heavy atom. The molecule has 0 atom stereocenters. The van der Waals surface area contributed by atoms with Crippen molar-refractivity contribution >= 4 is 0 Å². The van der Waals surface area contributed by atoms with E-state index in [1.165, 1.54) is 48.8 Å². The van der Waals surface area contributed by atoms with Crippen LogP contribution in [0.3, 0.4) is 0 Å². The third-order valence-electron chi connectivity index (χ3n) is 3.54. The fourth-order valence-corrected chi connectivity index (χ4v) is 2.62. The first kappa shape index (κ1) is 16.0. The van der Waals surface area contributed by atoms with Crippen molar-refractivity contribution < 1.29 is 4.74 Å². The second kappa shape index (κ2) is 8.98. The zero-order valence-corrected chi connectivity index (χ0v) is 13.0. The summed E-state index contributed by atoms with van der Waals surface area (Å²) in [5.41, 5.74) is 3.96. The number of benzene rings is 1. The third-order valence-corrected chi connectivity index (χ3v) is 3.54. The SMILES string of the molecule is CCNCCCCCCc1cc(C)c(OC)c(C)c1. The van der Waals surface area contributed by atoms with Gasteiger partial charge in [0.05, 0.1) is 7.11 Å². The number of aryl methyl sites for hydroxylation is 3. The van der Waals surface area contributed by atoms with Gasteiger partial charge in [-0.05, 0) is 62.9 Å². The molecule has 0 bridgehead atoms. The number of methoxy groups -OCH3 is 1. The Labute approximate surface area is 118 Å². The van der Waals surface area contributed by atoms with Crippen molar-refractivity contribution in [2.75, 3.05) is 20.2 Å². The highest BCUT2D eigenvalue weighted by Gasteiger charge is 2.04. The van der Waals surface area contributed by atoms with Crippen LogP contribution in [0.1, 0.15) is 49.3 Å². The lowest BCUT2D eigenvalue weighted by molar-refractivity contribution is 0.408. The molecule has 0 saturated heterocycles. The quantitative estimate of drug-likeness (QED) is 0.679. The molecule has 1 aromatic rings.